The minimum Gasteiger partial charge on any atom is -0.366 e. The van der Waals surface area contributed by atoms with Crippen LogP contribution in [-0.4, -0.2) is 37.9 Å². The average Bonchev–Trinajstić information content (AvgIpc) is 3.16. The maximum Gasteiger partial charge on any atom is 0.244 e. The van der Waals surface area contributed by atoms with Gasteiger partial charge in [0, 0.05) is 35.9 Å². The van der Waals surface area contributed by atoms with Gasteiger partial charge in [0.25, 0.3) is 0 Å². The molecule has 2 aromatic carbocycles. The van der Waals surface area contributed by atoms with E-state index >= 15 is 0 Å². The second kappa shape index (κ2) is 5.92. The predicted molar refractivity (Wildman–Crippen MR) is 96.3 cm³/mol. The van der Waals surface area contributed by atoms with Gasteiger partial charge in [-0.3, -0.25) is 0 Å². The topological polar surface area (TPSA) is 40.6 Å². The molecule has 4 nitrogen and oxygen atoms in total. The molecule has 2 aromatic rings. The second-order valence-corrected chi connectivity index (χ2v) is 8.88. The van der Waals surface area contributed by atoms with E-state index in [0.717, 1.165) is 12.1 Å². The van der Waals surface area contributed by atoms with Crippen LogP contribution in [0, 0.1) is 0 Å². The molecule has 0 N–H and O–H groups in total. The lowest BCUT2D eigenvalue weighted by Crippen LogP contribution is -2.48. The summed E-state index contributed by atoms with van der Waals surface area (Å²) in [5.41, 5.74) is 1.08. The van der Waals surface area contributed by atoms with Crippen molar-refractivity contribution in [3.63, 3.8) is 0 Å². The lowest BCUT2D eigenvalue weighted by Gasteiger charge is -2.35. The summed E-state index contributed by atoms with van der Waals surface area (Å²) in [5.74, 6) is 0. The van der Waals surface area contributed by atoms with Gasteiger partial charge in [-0.1, -0.05) is 35.3 Å². The first kappa shape index (κ1) is 16.2. The largest absolute Gasteiger partial charge is 0.366 e. The quantitative estimate of drug-likeness (QED) is 0.813. The van der Waals surface area contributed by atoms with Crippen molar-refractivity contribution in [1.82, 2.24) is 4.31 Å². The summed E-state index contributed by atoms with van der Waals surface area (Å²) in [6.45, 7) is 1.18. The maximum absolute atomic E-state index is 12.9. The number of hydrogen-bond acceptors (Lipinski definition) is 3. The molecule has 2 atom stereocenters. The molecular weight excluding hydrogens is 367 g/mol. The van der Waals surface area contributed by atoms with E-state index in [4.69, 9.17) is 23.2 Å². The minimum absolute atomic E-state index is 0.0213. The third-order valence-electron chi connectivity index (χ3n) is 4.77. The van der Waals surface area contributed by atoms with Crippen molar-refractivity contribution in [3.8, 4) is 0 Å². The molecule has 4 rings (SSSR count). The van der Waals surface area contributed by atoms with Crippen LogP contribution in [0.1, 0.15) is 6.42 Å². The molecule has 0 unspecified atom stereocenters. The number of hydrogen-bond donors (Lipinski definition) is 0. The Bertz CT molecular complexity index is 870. The molecule has 7 heteroatoms. The van der Waals surface area contributed by atoms with Gasteiger partial charge in [0.1, 0.15) is 4.90 Å². The van der Waals surface area contributed by atoms with Crippen LogP contribution in [0.25, 0.3) is 0 Å². The lowest BCUT2D eigenvalue weighted by molar-refractivity contribution is 0.368. The number of halogens is 2. The van der Waals surface area contributed by atoms with Crippen LogP contribution in [-0.2, 0) is 10.0 Å². The number of piperazine rings is 1. The average molecular weight is 383 g/mol. The standard InChI is InChI=1S/C17H16Cl2N2O2S/c18-12-5-7-13(8-6-12)20-10-15-9-14(20)11-21(15)24(22,23)17-4-2-1-3-16(17)19/h1-8,14-15H,9-11H2/t14-,15+/m1/s1. The Morgan fingerprint density at radius 2 is 1.62 bits per heavy atom. The number of sulfonamides is 1. The Morgan fingerprint density at radius 3 is 2.25 bits per heavy atom. The first-order valence-corrected chi connectivity index (χ1v) is 9.95. The summed E-state index contributed by atoms with van der Waals surface area (Å²) < 4.78 is 27.5. The zero-order chi connectivity index (χ0) is 16.9. The first-order valence-electron chi connectivity index (χ1n) is 7.75. The Labute approximate surface area is 151 Å². The third kappa shape index (κ3) is 2.60. The fourth-order valence-corrected chi connectivity index (χ4v) is 5.94. The van der Waals surface area contributed by atoms with Crippen molar-refractivity contribution >= 4 is 38.9 Å². The smallest absolute Gasteiger partial charge is 0.244 e. The third-order valence-corrected chi connectivity index (χ3v) is 7.44. The van der Waals surface area contributed by atoms with E-state index in [1.165, 1.54) is 0 Å². The summed E-state index contributed by atoms with van der Waals surface area (Å²) in [7, 11) is -3.56. The molecular formula is C17H16Cl2N2O2S. The molecule has 0 amide bonds. The molecule has 0 radical (unpaired) electrons. The lowest BCUT2D eigenvalue weighted by atomic mass is 10.2. The zero-order valence-electron chi connectivity index (χ0n) is 12.8. The highest BCUT2D eigenvalue weighted by molar-refractivity contribution is 7.89. The summed E-state index contributed by atoms with van der Waals surface area (Å²) in [4.78, 5) is 2.46. The molecule has 2 aliphatic rings. The van der Waals surface area contributed by atoms with Crippen LogP contribution in [0.15, 0.2) is 53.4 Å². The van der Waals surface area contributed by atoms with Crippen molar-refractivity contribution < 1.29 is 8.42 Å². The normalized spacial score (nSPS) is 23.8. The highest BCUT2D eigenvalue weighted by Crippen LogP contribution is 2.38. The zero-order valence-corrected chi connectivity index (χ0v) is 15.1. The second-order valence-electron chi connectivity index (χ2n) is 6.18. The van der Waals surface area contributed by atoms with Crippen LogP contribution in [0.2, 0.25) is 10.0 Å². The summed E-state index contributed by atoms with van der Waals surface area (Å²) >= 11 is 12.0. The number of nitrogens with zero attached hydrogens (tertiary/aromatic N) is 2. The Morgan fingerprint density at radius 1 is 0.917 bits per heavy atom. The van der Waals surface area contributed by atoms with Crippen LogP contribution in [0.3, 0.4) is 0 Å². The van der Waals surface area contributed by atoms with E-state index in [1.54, 1.807) is 28.6 Å². The van der Waals surface area contributed by atoms with E-state index in [9.17, 15) is 8.42 Å². The molecule has 2 fully saturated rings. The monoisotopic (exact) mass is 382 g/mol. The molecule has 2 saturated heterocycles. The van der Waals surface area contributed by atoms with Gasteiger partial charge in [-0.05, 0) is 42.8 Å². The highest BCUT2D eigenvalue weighted by Gasteiger charge is 2.48. The van der Waals surface area contributed by atoms with Crippen LogP contribution >= 0.6 is 23.2 Å². The number of anilines is 1. The van der Waals surface area contributed by atoms with Crippen LogP contribution in [0.4, 0.5) is 5.69 Å². The van der Waals surface area contributed by atoms with Gasteiger partial charge in [0.2, 0.25) is 10.0 Å². The van der Waals surface area contributed by atoms with Crippen molar-refractivity contribution in [2.45, 2.75) is 23.4 Å². The van der Waals surface area contributed by atoms with Crippen molar-refractivity contribution in [2.75, 3.05) is 18.0 Å². The number of rotatable bonds is 3. The van der Waals surface area contributed by atoms with Crippen molar-refractivity contribution in [1.29, 1.82) is 0 Å². The Kier molecular flexibility index (Phi) is 4.00. The Balaban J connectivity index is 1.58. The molecule has 0 aromatic heterocycles. The predicted octanol–water partition coefficient (Wildman–Crippen LogP) is 3.65. The summed E-state index contributed by atoms with van der Waals surface area (Å²) in [5, 5.41) is 0.973. The molecule has 2 heterocycles. The molecule has 0 spiro atoms. The molecule has 0 aliphatic carbocycles. The summed E-state index contributed by atoms with van der Waals surface area (Å²) in [6.07, 6.45) is 0.840. The number of fused-ring (bicyclic) bond motifs is 2. The van der Waals surface area contributed by atoms with E-state index in [1.807, 2.05) is 24.3 Å². The molecule has 0 saturated carbocycles. The molecule has 24 heavy (non-hydrogen) atoms. The summed E-state index contributed by atoms with van der Waals surface area (Å²) in [6, 6.07) is 14.5. The minimum atomic E-state index is -3.56. The van der Waals surface area contributed by atoms with Crippen molar-refractivity contribution in [2.24, 2.45) is 0 Å². The Hall–Kier alpha value is -1.27. The maximum atomic E-state index is 12.9. The van der Waals surface area contributed by atoms with Gasteiger partial charge < -0.3 is 4.90 Å². The fraction of sp³-hybridized carbons (Fsp3) is 0.294. The van der Waals surface area contributed by atoms with E-state index < -0.39 is 10.0 Å². The van der Waals surface area contributed by atoms with Gasteiger partial charge in [-0.25, -0.2) is 8.42 Å². The molecule has 2 aliphatic heterocycles. The molecule has 2 bridgehead atoms. The van der Waals surface area contributed by atoms with E-state index in [2.05, 4.69) is 4.90 Å². The van der Waals surface area contributed by atoms with Crippen molar-refractivity contribution in [3.05, 3.63) is 58.6 Å². The molecule has 126 valence electrons. The van der Waals surface area contributed by atoms with Gasteiger partial charge in [-0.2, -0.15) is 4.31 Å². The van der Waals surface area contributed by atoms with E-state index in [-0.39, 0.29) is 22.0 Å². The SMILES string of the molecule is O=S(=O)(c1ccccc1Cl)N1C[C@H]2C[C@H]1CN2c1ccc(Cl)cc1. The van der Waals surface area contributed by atoms with Gasteiger partial charge in [-0.15, -0.1) is 0 Å². The van der Waals surface area contributed by atoms with E-state index in [0.29, 0.717) is 18.1 Å². The van der Waals surface area contributed by atoms with Gasteiger partial charge >= 0.3 is 0 Å². The van der Waals surface area contributed by atoms with Gasteiger partial charge in [0.15, 0.2) is 0 Å². The van der Waals surface area contributed by atoms with Crippen LogP contribution in [0.5, 0.6) is 0 Å². The number of benzene rings is 2. The first-order chi connectivity index (χ1) is 11.5. The fourth-order valence-electron chi connectivity index (χ4n) is 3.65. The highest BCUT2D eigenvalue weighted by atomic mass is 35.5. The van der Waals surface area contributed by atoms with Crippen LogP contribution < -0.4 is 4.90 Å². The van der Waals surface area contributed by atoms with Gasteiger partial charge in [0.05, 0.1) is 5.02 Å².